The van der Waals surface area contributed by atoms with Crippen molar-refractivity contribution in [1.29, 1.82) is 0 Å². The van der Waals surface area contributed by atoms with E-state index >= 15 is 0 Å². The van der Waals surface area contributed by atoms with Crippen molar-refractivity contribution in [3.63, 3.8) is 0 Å². The molecule has 0 atom stereocenters. The molecule has 0 bridgehead atoms. The van der Waals surface area contributed by atoms with Crippen LogP contribution in [0, 0.1) is 0 Å². The van der Waals surface area contributed by atoms with Gasteiger partial charge in [-0.05, 0) is 69.1 Å². The van der Waals surface area contributed by atoms with Gasteiger partial charge >= 0.3 is 0 Å². The smallest absolute Gasteiger partial charge is 0.255 e. The fraction of sp³-hybridized carbons (Fsp3) is 0.407. The molecule has 4 heterocycles. The van der Waals surface area contributed by atoms with Crippen LogP contribution in [0.5, 0.6) is 0 Å². The molecule has 1 aromatic carbocycles. The van der Waals surface area contributed by atoms with Crippen LogP contribution in [0.15, 0.2) is 63.2 Å². The van der Waals surface area contributed by atoms with Crippen LogP contribution in [-0.2, 0) is 16.4 Å². The summed E-state index contributed by atoms with van der Waals surface area (Å²) >= 11 is 0. The summed E-state index contributed by atoms with van der Waals surface area (Å²) in [6.07, 6.45) is 8.15. The lowest BCUT2D eigenvalue weighted by atomic mass is 10.1. The molecule has 1 saturated heterocycles. The SMILES string of the molecule is O=c1ccc2cnc(Nc3ccc(NC4CCNCC4)cc3)nc2n1Cc1cnoc1S(=O)(=O)C1CCCC1. The highest BCUT2D eigenvalue weighted by Gasteiger charge is 2.35. The number of aromatic nitrogens is 4. The molecule has 4 aromatic rings. The number of benzene rings is 1. The van der Waals surface area contributed by atoms with Crippen molar-refractivity contribution >= 4 is 38.2 Å². The average molecular weight is 550 g/mol. The Labute approximate surface area is 226 Å². The van der Waals surface area contributed by atoms with Gasteiger partial charge in [0.25, 0.3) is 10.7 Å². The molecule has 3 aromatic heterocycles. The summed E-state index contributed by atoms with van der Waals surface area (Å²) in [5.41, 5.74) is 2.26. The molecule has 6 rings (SSSR count). The maximum atomic E-state index is 13.2. The summed E-state index contributed by atoms with van der Waals surface area (Å²) < 4.78 is 33.0. The van der Waals surface area contributed by atoms with Crippen LogP contribution < -0.4 is 21.5 Å². The molecule has 204 valence electrons. The van der Waals surface area contributed by atoms with E-state index in [-0.39, 0.29) is 17.2 Å². The van der Waals surface area contributed by atoms with Crippen molar-refractivity contribution < 1.29 is 12.9 Å². The predicted octanol–water partition coefficient (Wildman–Crippen LogP) is 3.45. The van der Waals surface area contributed by atoms with Gasteiger partial charge < -0.3 is 20.5 Å². The summed E-state index contributed by atoms with van der Waals surface area (Å²) in [6, 6.07) is 11.5. The zero-order chi connectivity index (χ0) is 26.8. The Bertz CT molecular complexity index is 1620. The predicted molar refractivity (Wildman–Crippen MR) is 148 cm³/mol. The Morgan fingerprint density at radius 1 is 0.974 bits per heavy atom. The minimum absolute atomic E-state index is 0.0333. The van der Waals surface area contributed by atoms with E-state index in [4.69, 9.17) is 4.52 Å². The van der Waals surface area contributed by atoms with Crippen molar-refractivity contribution in [1.82, 2.24) is 25.0 Å². The Morgan fingerprint density at radius 2 is 1.72 bits per heavy atom. The summed E-state index contributed by atoms with van der Waals surface area (Å²) in [4.78, 5) is 21.9. The first-order chi connectivity index (χ1) is 19.0. The maximum Gasteiger partial charge on any atom is 0.255 e. The van der Waals surface area contributed by atoms with E-state index in [0.717, 1.165) is 50.1 Å². The van der Waals surface area contributed by atoms with E-state index in [2.05, 4.69) is 31.1 Å². The van der Waals surface area contributed by atoms with Gasteiger partial charge in [0.05, 0.1) is 23.6 Å². The molecule has 39 heavy (non-hydrogen) atoms. The van der Waals surface area contributed by atoms with Gasteiger partial charge in [-0.3, -0.25) is 9.36 Å². The first kappa shape index (κ1) is 25.5. The molecule has 2 fully saturated rings. The molecule has 1 aliphatic heterocycles. The second-order valence-electron chi connectivity index (χ2n) is 10.2. The zero-order valence-corrected chi connectivity index (χ0v) is 22.3. The number of pyridine rings is 1. The van der Waals surface area contributed by atoms with Crippen LogP contribution in [0.25, 0.3) is 11.0 Å². The Hall–Kier alpha value is -3.77. The standard InChI is InChI=1S/C27H31N7O4S/c35-24-10-5-18-15-29-27(32-21-8-6-20(7-9-21)31-22-11-13-28-14-12-22)33-25(18)34(24)17-19-16-30-38-26(19)39(36,37)23-3-1-2-4-23/h5-10,15-16,22-23,28,31H,1-4,11-14,17H2,(H,29,32,33). The fourth-order valence-corrected chi connectivity index (χ4v) is 7.26. The van der Waals surface area contributed by atoms with Crippen LogP contribution >= 0.6 is 0 Å². The average Bonchev–Trinajstić information content (AvgIpc) is 3.66. The van der Waals surface area contributed by atoms with E-state index in [0.29, 0.717) is 41.4 Å². The summed E-state index contributed by atoms with van der Waals surface area (Å²) in [5, 5.41) is 13.9. The van der Waals surface area contributed by atoms with E-state index in [9.17, 15) is 13.2 Å². The van der Waals surface area contributed by atoms with E-state index in [1.54, 1.807) is 12.3 Å². The molecule has 0 spiro atoms. The Kier molecular flexibility index (Phi) is 7.05. The number of nitrogens with one attached hydrogen (secondary N) is 3. The van der Waals surface area contributed by atoms with Crippen LogP contribution in [-0.4, -0.2) is 52.5 Å². The number of sulfone groups is 1. The van der Waals surface area contributed by atoms with E-state index in [1.165, 1.54) is 16.8 Å². The largest absolute Gasteiger partial charge is 0.382 e. The number of nitrogens with zero attached hydrogens (tertiary/aromatic N) is 4. The molecule has 12 heteroatoms. The second kappa shape index (κ2) is 10.8. The Balaban J connectivity index is 1.25. The zero-order valence-electron chi connectivity index (χ0n) is 21.5. The molecule has 0 amide bonds. The molecule has 0 unspecified atom stereocenters. The molecule has 0 radical (unpaired) electrons. The molecule has 3 N–H and O–H groups in total. The number of anilines is 3. The molecular weight excluding hydrogens is 518 g/mol. The van der Waals surface area contributed by atoms with Gasteiger partial charge in [-0.2, -0.15) is 4.98 Å². The first-order valence-corrected chi connectivity index (χ1v) is 14.9. The van der Waals surface area contributed by atoms with Crippen molar-refractivity contribution in [2.45, 2.75) is 61.5 Å². The minimum atomic E-state index is -3.67. The third-order valence-electron chi connectivity index (χ3n) is 7.51. The van der Waals surface area contributed by atoms with Gasteiger partial charge in [0.1, 0.15) is 5.65 Å². The maximum absolute atomic E-state index is 13.2. The van der Waals surface area contributed by atoms with Crippen LogP contribution in [0.4, 0.5) is 17.3 Å². The van der Waals surface area contributed by atoms with Crippen LogP contribution in [0.3, 0.4) is 0 Å². The van der Waals surface area contributed by atoms with Crippen molar-refractivity contribution in [2.24, 2.45) is 0 Å². The van der Waals surface area contributed by atoms with Gasteiger partial charge in [0.2, 0.25) is 15.8 Å². The highest BCUT2D eigenvalue weighted by atomic mass is 32.2. The molecule has 1 saturated carbocycles. The quantitative estimate of drug-likeness (QED) is 0.299. The monoisotopic (exact) mass is 549 g/mol. The van der Waals surface area contributed by atoms with Gasteiger partial charge in [-0.1, -0.05) is 18.0 Å². The van der Waals surface area contributed by atoms with Gasteiger partial charge in [0, 0.05) is 35.1 Å². The third kappa shape index (κ3) is 5.39. The van der Waals surface area contributed by atoms with Crippen LogP contribution in [0.2, 0.25) is 0 Å². The highest BCUT2D eigenvalue weighted by molar-refractivity contribution is 7.92. The number of hydrogen-bond acceptors (Lipinski definition) is 10. The molecule has 1 aliphatic carbocycles. The first-order valence-electron chi connectivity index (χ1n) is 13.4. The number of piperidine rings is 1. The molecule has 11 nitrogen and oxygen atoms in total. The number of rotatable bonds is 8. The lowest BCUT2D eigenvalue weighted by Crippen LogP contribution is -2.35. The topological polar surface area (TPSA) is 144 Å². The van der Waals surface area contributed by atoms with E-state index < -0.39 is 15.1 Å². The minimum Gasteiger partial charge on any atom is -0.382 e. The second-order valence-corrected chi connectivity index (χ2v) is 12.3. The van der Waals surface area contributed by atoms with Gasteiger partial charge in [-0.15, -0.1) is 0 Å². The summed E-state index contributed by atoms with van der Waals surface area (Å²) in [7, 11) is -3.67. The summed E-state index contributed by atoms with van der Waals surface area (Å²) in [5.74, 6) is 0.324. The normalized spacial score (nSPS) is 17.0. The molecular formula is C27H31N7O4S. The molecule has 2 aliphatic rings. The van der Waals surface area contributed by atoms with Gasteiger partial charge in [0.15, 0.2) is 0 Å². The highest BCUT2D eigenvalue weighted by Crippen LogP contribution is 2.31. The number of fused-ring (bicyclic) bond motifs is 1. The third-order valence-corrected chi connectivity index (χ3v) is 9.71. The number of hydrogen-bond donors (Lipinski definition) is 3. The lowest BCUT2D eigenvalue weighted by Gasteiger charge is -2.24. The van der Waals surface area contributed by atoms with Crippen LogP contribution in [0.1, 0.15) is 44.1 Å². The summed E-state index contributed by atoms with van der Waals surface area (Å²) in [6.45, 7) is 2.02. The van der Waals surface area contributed by atoms with Crippen molar-refractivity contribution in [3.8, 4) is 0 Å². The lowest BCUT2D eigenvalue weighted by molar-refractivity contribution is 0.334. The Morgan fingerprint density at radius 3 is 2.49 bits per heavy atom. The fourth-order valence-electron chi connectivity index (χ4n) is 5.37. The van der Waals surface area contributed by atoms with Crippen molar-refractivity contribution in [3.05, 3.63) is 64.7 Å². The van der Waals surface area contributed by atoms with E-state index in [1.807, 2.05) is 24.3 Å². The van der Waals surface area contributed by atoms with Crippen molar-refractivity contribution in [2.75, 3.05) is 23.7 Å². The van der Waals surface area contributed by atoms with Gasteiger partial charge in [-0.25, -0.2) is 13.4 Å².